The second-order valence-corrected chi connectivity index (χ2v) is 3.92. The Hall–Kier alpha value is -1.10. The van der Waals surface area contributed by atoms with E-state index in [1.807, 2.05) is 0 Å². The fourth-order valence-electron chi connectivity index (χ4n) is 1.44. The molecule has 1 aliphatic rings. The maximum absolute atomic E-state index is 11.1. The summed E-state index contributed by atoms with van der Waals surface area (Å²) in [5, 5.41) is 2.58. The molecule has 0 heterocycles. The summed E-state index contributed by atoms with van der Waals surface area (Å²) in [7, 11) is 2.85. The van der Waals surface area contributed by atoms with Crippen LogP contribution in [0.4, 0.5) is 0 Å². The van der Waals surface area contributed by atoms with Gasteiger partial charge in [-0.15, -0.1) is 0 Å². The number of nitrogens with one attached hydrogen (secondary N) is 1. The van der Waals surface area contributed by atoms with Crippen LogP contribution >= 0.6 is 0 Å². The molecule has 0 atom stereocenters. The average Bonchev–Trinajstić information content (AvgIpc) is 3.03. The topological polar surface area (TPSA) is 64.6 Å². The number of carbonyl (C=O) groups excluding carboxylic acids is 2. The van der Waals surface area contributed by atoms with E-state index in [-0.39, 0.29) is 5.41 Å². The van der Waals surface area contributed by atoms with Gasteiger partial charge in [-0.2, -0.15) is 0 Å². The molecule has 0 aromatic heterocycles. The molecular weight excluding hydrogens is 198 g/mol. The second kappa shape index (κ2) is 5.11. The first-order valence-electron chi connectivity index (χ1n) is 4.99. The zero-order chi connectivity index (χ0) is 11.3. The van der Waals surface area contributed by atoms with Crippen molar-refractivity contribution >= 4 is 11.9 Å². The summed E-state index contributed by atoms with van der Waals surface area (Å²) in [6.45, 7) is 1.22. The third-order valence-corrected chi connectivity index (χ3v) is 2.79. The second-order valence-electron chi connectivity index (χ2n) is 3.92. The van der Waals surface area contributed by atoms with Crippen molar-refractivity contribution in [1.29, 1.82) is 0 Å². The van der Waals surface area contributed by atoms with Gasteiger partial charge in [-0.25, -0.2) is 4.79 Å². The highest BCUT2D eigenvalue weighted by molar-refractivity contribution is 6.32. The molecule has 0 aliphatic heterocycles. The van der Waals surface area contributed by atoms with Crippen molar-refractivity contribution in [2.45, 2.75) is 19.3 Å². The molecule has 5 nitrogen and oxygen atoms in total. The maximum atomic E-state index is 11.1. The largest absolute Gasteiger partial charge is 0.462 e. The third-order valence-electron chi connectivity index (χ3n) is 2.79. The van der Waals surface area contributed by atoms with E-state index in [0.717, 1.165) is 19.3 Å². The highest BCUT2D eigenvalue weighted by Gasteiger charge is 2.42. The van der Waals surface area contributed by atoms with E-state index in [1.54, 1.807) is 7.11 Å². The lowest BCUT2D eigenvalue weighted by atomic mass is 10.0. The highest BCUT2D eigenvalue weighted by Crippen LogP contribution is 2.48. The normalized spacial score (nSPS) is 16.9. The van der Waals surface area contributed by atoms with Crippen molar-refractivity contribution in [2.24, 2.45) is 5.41 Å². The van der Waals surface area contributed by atoms with Gasteiger partial charge < -0.3 is 14.8 Å². The van der Waals surface area contributed by atoms with Crippen LogP contribution < -0.4 is 5.32 Å². The Morgan fingerprint density at radius 2 is 2.00 bits per heavy atom. The predicted molar refractivity (Wildman–Crippen MR) is 53.2 cm³/mol. The van der Waals surface area contributed by atoms with Crippen LogP contribution in [0.15, 0.2) is 0 Å². The number of methoxy groups -OCH3 is 2. The summed E-state index contributed by atoms with van der Waals surface area (Å²) in [5.74, 6) is -1.50. The van der Waals surface area contributed by atoms with Crippen LogP contribution in [0.2, 0.25) is 0 Å². The van der Waals surface area contributed by atoms with E-state index >= 15 is 0 Å². The Balaban J connectivity index is 2.24. The minimum Gasteiger partial charge on any atom is -0.462 e. The summed E-state index contributed by atoms with van der Waals surface area (Å²) in [6.07, 6.45) is 3.08. The van der Waals surface area contributed by atoms with Gasteiger partial charge in [0.25, 0.3) is 0 Å². The summed E-state index contributed by atoms with van der Waals surface area (Å²) in [5.41, 5.74) is 0.152. The Kier molecular flexibility index (Phi) is 4.08. The van der Waals surface area contributed by atoms with Crippen molar-refractivity contribution in [1.82, 2.24) is 5.32 Å². The summed E-state index contributed by atoms with van der Waals surface area (Å²) in [4.78, 5) is 21.9. The minimum atomic E-state index is -0.836. The number of amides is 1. The number of hydrogen-bond acceptors (Lipinski definition) is 4. The van der Waals surface area contributed by atoms with Crippen molar-refractivity contribution in [3.8, 4) is 0 Å². The molecule has 15 heavy (non-hydrogen) atoms. The highest BCUT2D eigenvalue weighted by atomic mass is 16.5. The molecule has 1 aliphatic carbocycles. The van der Waals surface area contributed by atoms with Gasteiger partial charge in [-0.1, -0.05) is 0 Å². The van der Waals surface area contributed by atoms with Crippen LogP contribution in [0.1, 0.15) is 19.3 Å². The van der Waals surface area contributed by atoms with Gasteiger partial charge in [0.05, 0.1) is 7.11 Å². The van der Waals surface area contributed by atoms with Crippen LogP contribution in [0, 0.1) is 5.41 Å². The van der Waals surface area contributed by atoms with Gasteiger partial charge in [0.15, 0.2) is 0 Å². The number of ether oxygens (including phenoxy) is 2. The fraction of sp³-hybridized carbons (Fsp3) is 0.800. The van der Waals surface area contributed by atoms with Gasteiger partial charge in [0, 0.05) is 20.3 Å². The molecule has 1 rings (SSSR count). The molecule has 0 bridgehead atoms. The van der Waals surface area contributed by atoms with Gasteiger partial charge in [0.2, 0.25) is 0 Å². The standard InChI is InChI=1S/C10H17NO4/c1-14-6-5-10(3-4-10)7-11-8(12)9(13)15-2/h3-7H2,1-2H3,(H,11,12). The van der Waals surface area contributed by atoms with E-state index in [0.29, 0.717) is 13.2 Å². The number of esters is 1. The van der Waals surface area contributed by atoms with Gasteiger partial charge in [-0.3, -0.25) is 4.79 Å². The number of rotatable bonds is 5. The summed E-state index contributed by atoms with van der Waals surface area (Å²) >= 11 is 0. The molecule has 0 aromatic carbocycles. The van der Waals surface area contributed by atoms with Crippen LogP contribution in [-0.4, -0.2) is 39.2 Å². The Bertz CT molecular complexity index is 248. The first-order chi connectivity index (χ1) is 7.13. The van der Waals surface area contributed by atoms with Crippen LogP contribution in [0.3, 0.4) is 0 Å². The zero-order valence-electron chi connectivity index (χ0n) is 9.17. The van der Waals surface area contributed by atoms with E-state index in [9.17, 15) is 9.59 Å². The smallest absolute Gasteiger partial charge is 0.396 e. The van der Waals surface area contributed by atoms with Gasteiger partial charge in [-0.05, 0) is 24.7 Å². The Morgan fingerprint density at radius 1 is 1.33 bits per heavy atom. The maximum Gasteiger partial charge on any atom is 0.396 e. The SMILES string of the molecule is COCCC1(CNC(=O)C(=O)OC)CC1. The third kappa shape index (κ3) is 3.51. The molecule has 0 aromatic rings. The number of carbonyl (C=O) groups is 2. The van der Waals surface area contributed by atoms with Crippen LogP contribution in [0.5, 0.6) is 0 Å². The van der Waals surface area contributed by atoms with Gasteiger partial charge >= 0.3 is 11.9 Å². The van der Waals surface area contributed by atoms with Crippen LogP contribution in [0.25, 0.3) is 0 Å². The van der Waals surface area contributed by atoms with E-state index in [2.05, 4.69) is 10.1 Å². The molecule has 5 heteroatoms. The predicted octanol–water partition coefficient (Wildman–Crippen LogP) is 0.0923. The van der Waals surface area contributed by atoms with Crippen LogP contribution in [-0.2, 0) is 19.1 Å². The first kappa shape index (κ1) is 12.0. The lowest BCUT2D eigenvalue weighted by molar-refractivity contribution is -0.152. The van der Waals surface area contributed by atoms with E-state index in [4.69, 9.17) is 4.74 Å². The van der Waals surface area contributed by atoms with Crippen molar-refractivity contribution in [3.05, 3.63) is 0 Å². The average molecular weight is 215 g/mol. The molecule has 1 fully saturated rings. The molecule has 0 unspecified atom stereocenters. The lowest BCUT2D eigenvalue weighted by Gasteiger charge is -2.14. The first-order valence-corrected chi connectivity index (χ1v) is 4.99. The molecule has 1 N–H and O–H groups in total. The van der Waals surface area contributed by atoms with Crippen molar-refractivity contribution in [3.63, 3.8) is 0 Å². The Labute approximate surface area is 89.1 Å². The quantitative estimate of drug-likeness (QED) is 0.521. The van der Waals surface area contributed by atoms with E-state index < -0.39 is 11.9 Å². The molecule has 0 radical (unpaired) electrons. The van der Waals surface area contributed by atoms with Crippen molar-refractivity contribution < 1.29 is 19.1 Å². The van der Waals surface area contributed by atoms with Crippen molar-refractivity contribution in [2.75, 3.05) is 27.4 Å². The summed E-state index contributed by atoms with van der Waals surface area (Å²) < 4.78 is 9.29. The molecule has 1 amide bonds. The zero-order valence-corrected chi connectivity index (χ0v) is 9.17. The molecule has 1 saturated carbocycles. The molecule has 0 saturated heterocycles. The number of hydrogen-bond donors (Lipinski definition) is 1. The molecule has 0 spiro atoms. The van der Waals surface area contributed by atoms with E-state index in [1.165, 1.54) is 7.11 Å². The van der Waals surface area contributed by atoms with Gasteiger partial charge in [0.1, 0.15) is 0 Å². The minimum absolute atomic E-state index is 0.152. The molecule has 86 valence electrons. The fourth-order valence-corrected chi connectivity index (χ4v) is 1.44. The molecular formula is C10H17NO4. The lowest BCUT2D eigenvalue weighted by Crippen LogP contribution is -2.36. The monoisotopic (exact) mass is 215 g/mol. The Morgan fingerprint density at radius 3 is 2.47 bits per heavy atom. The summed E-state index contributed by atoms with van der Waals surface area (Å²) in [6, 6.07) is 0.